The molecule has 6 heteroatoms. The van der Waals surface area contributed by atoms with Crippen LogP contribution >= 0.6 is 0 Å². The molecule has 1 aromatic carbocycles. The quantitative estimate of drug-likeness (QED) is 0.828. The summed E-state index contributed by atoms with van der Waals surface area (Å²) in [4.78, 5) is 29.0. The molecule has 142 valence electrons. The van der Waals surface area contributed by atoms with Gasteiger partial charge >= 0.3 is 0 Å². The minimum atomic E-state index is -0.667. The van der Waals surface area contributed by atoms with E-state index in [2.05, 4.69) is 0 Å². The number of rotatable bonds is 3. The summed E-state index contributed by atoms with van der Waals surface area (Å²) in [5, 5.41) is 0. The fourth-order valence-electron chi connectivity index (χ4n) is 3.45. The lowest BCUT2D eigenvalue weighted by Crippen LogP contribution is -2.54. The third kappa shape index (κ3) is 3.50. The van der Waals surface area contributed by atoms with Crippen molar-refractivity contribution in [1.29, 1.82) is 0 Å². The van der Waals surface area contributed by atoms with Crippen LogP contribution in [0.5, 0.6) is 11.5 Å². The van der Waals surface area contributed by atoms with E-state index in [0.717, 1.165) is 11.3 Å². The molecule has 2 amide bonds. The lowest BCUT2D eigenvalue weighted by Gasteiger charge is -2.39. The van der Waals surface area contributed by atoms with E-state index >= 15 is 0 Å². The van der Waals surface area contributed by atoms with Crippen LogP contribution in [-0.4, -0.2) is 61.0 Å². The lowest BCUT2D eigenvalue weighted by atomic mass is 9.82. The summed E-state index contributed by atoms with van der Waals surface area (Å²) < 4.78 is 11.2. The smallest absolute Gasteiger partial charge is 0.232 e. The Bertz CT molecular complexity index is 691. The molecule has 0 aromatic heterocycles. The number of fused-ring (bicyclic) bond motifs is 1. The maximum atomic E-state index is 13.1. The van der Waals surface area contributed by atoms with Gasteiger partial charge in [-0.15, -0.1) is 0 Å². The van der Waals surface area contributed by atoms with Gasteiger partial charge in [0.15, 0.2) is 11.5 Å². The third-order valence-electron chi connectivity index (χ3n) is 5.17. The number of carbonyl (C=O) groups excluding carboxylic acids is 2. The summed E-state index contributed by atoms with van der Waals surface area (Å²) in [7, 11) is 0. The summed E-state index contributed by atoms with van der Waals surface area (Å²) in [5.41, 5.74) is 0.243. The second-order valence-electron chi connectivity index (χ2n) is 7.76. The molecule has 0 radical (unpaired) electrons. The molecule has 2 aliphatic rings. The average molecular weight is 360 g/mol. The summed E-state index contributed by atoms with van der Waals surface area (Å²) in [6, 6.07) is 5.72. The Morgan fingerprint density at radius 3 is 2.15 bits per heavy atom. The van der Waals surface area contributed by atoms with Crippen molar-refractivity contribution < 1.29 is 19.1 Å². The molecular formula is C20H28N2O4. The normalized spacial score (nSPS) is 17.4. The van der Waals surface area contributed by atoms with Crippen molar-refractivity contribution in [3.63, 3.8) is 0 Å². The molecule has 3 rings (SSSR count). The molecule has 0 aliphatic carbocycles. The van der Waals surface area contributed by atoms with Gasteiger partial charge in [0.2, 0.25) is 11.8 Å². The van der Waals surface area contributed by atoms with Crippen LogP contribution in [-0.2, 0) is 15.0 Å². The van der Waals surface area contributed by atoms with E-state index in [0.29, 0.717) is 45.1 Å². The van der Waals surface area contributed by atoms with Gasteiger partial charge in [-0.2, -0.15) is 0 Å². The molecular weight excluding hydrogens is 332 g/mol. The molecule has 2 heterocycles. The molecule has 1 saturated heterocycles. The van der Waals surface area contributed by atoms with Crippen LogP contribution in [0.25, 0.3) is 0 Å². The van der Waals surface area contributed by atoms with E-state index in [1.807, 2.05) is 55.7 Å². The fourth-order valence-corrected chi connectivity index (χ4v) is 3.45. The molecule has 0 atom stereocenters. The number of benzene rings is 1. The Kier molecular flexibility index (Phi) is 5.12. The number of nitrogens with zero attached hydrogens (tertiary/aromatic N) is 2. The number of ether oxygens (including phenoxy) is 2. The van der Waals surface area contributed by atoms with Gasteiger partial charge in [-0.05, 0) is 31.5 Å². The van der Waals surface area contributed by atoms with Gasteiger partial charge in [0, 0.05) is 32.1 Å². The van der Waals surface area contributed by atoms with Crippen molar-refractivity contribution in [1.82, 2.24) is 9.80 Å². The van der Waals surface area contributed by atoms with E-state index < -0.39 is 5.41 Å². The van der Waals surface area contributed by atoms with Crippen molar-refractivity contribution in [2.45, 2.75) is 33.1 Å². The largest absolute Gasteiger partial charge is 0.486 e. The molecule has 0 N–H and O–H groups in total. The highest BCUT2D eigenvalue weighted by atomic mass is 16.6. The first-order valence-electron chi connectivity index (χ1n) is 9.29. The molecule has 0 bridgehead atoms. The van der Waals surface area contributed by atoms with Crippen LogP contribution in [0.3, 0.4) is 0 Å². The van der Waals surface area contributed by atoms with Gasteiger partial charge in [-0.3, -0.25) is 9.59 Å². The van der Waals surface area contributed by atoms with Crippen molar-refractivity contribution in [3.05, 3.63) is 23.8 Å². The summed E-state index contributed by atoms with van der Waals surface area (Å²) in [6.07, 6.45) is 0. The first-order chi connectivity index (χ1) is 12.3. The van der Waals surface area contributed by atoms with E-state index in [1.165, 1.54) is 0 Å². The topological polar surface area (TPSA) is 59.1 Å². The SMILES string of the molecule is CC(C)C(=O)N1CCN(C(=O)C(C)(C)c2ccc3c(c2)OCCO3)CC1. The van der Waals surface area contributed by atoms with Crippen LogP contribution < -0.4 is 9.47 Å². The van der Waals surface area contributed by atoms with Gasteiger partial charge in [0.05, 0.1) is 5.41 Å². The van der Waals surface area contributed by atoms with Gasteiger partial charge in [-0.1, -0.05) is 19.9 Å². The molecule has 26 heavy (non-hydrogen) atoms. The fraction of sp³-hybridized carbons (Fsp3) is 0.600. The predicted molar refractivity (Wildman–Crippen MR) is 98.5 cm³/mol. The van der Waals surface area contributed by atoms with E-state index in [9.17, 15) is 9.59 Å². The van der Waals surface area contributed by atoms with Crippen molar-refractivity contribution in [2.24, 2.45) is 5.92 Å². The van der Waals surface area contributed by atoms with Crippen LogP contribution in [0.2, 0.25) is 0 Å². The zero-order valence-electron chi connectivity index (χ0n) is 16.1. The van der Waals surface area contributed by atoms with Gasteiger partial charge in [-0.25, -0.2) is 0 Å². The number of piperazine rings is 1. The van der Waals surface area contributed by atoms with Crippen molar-refractivity contribution >= 4 is 11.8 Å². The molecule has 0 saturated carbocycles. The zero-order valence-corrected chi connectivity index (χ0v) is 16.1. The minimum Gasteiger partial charge on any atom is -0.486 e. The highest BCUT2D eigenvalue weighted by molar-refractivity contribution is 5.88. The summed E-state index contributed by atoms with van der Waals surface area (Å²) in [5.74, 6) is 1.64. The maximum Gasteiger partial charge on any atom is 0.232 e. The van der Waals surface area contributed by atoms with Gasteiger partial charge in [0.1, 0.15) is 13.2 Å². The highest BCUT2D eigenvalue weighted by Crippen LogP contribution is 2.36. The second-order valence-corrected chi connectivity index (χ2v) is 7.76. The monoisotopic (exact) mass is 360 g/mol. The standard InChI is InChI=1S/C20H28N2O4/c1-14(2)18(23)21-7-9-22(10-8-21)19(24)20(3,4)15-5-6-16-17(13-15)26-12-11-25-16/h5-6,13-14H,7-12H2,1-4H3. The molecule has 6 nitrogen and oxygen atoms in total. The summed E-state index contributed by atoms with van der Waals surface area (Å²) in [6.45, 7) is 11.1. The molecule has 1 fully saturated rings. The average Bonchev–Trinajstić information content (AvgIpc) is 2.66. The predicted octanol–water partition coefficient (Wildman–Crippen LogP) is 2.06. The van der Waals surface area contributed by atoms with Gasteiger partial charge in [0.25, 0.3) is 0 Å². The van der Waals surface area contributed by atoms with Crippen molar-refractivity contribution in [2.75, 3.05) is 39.4 Å². The number of hydrogen-bond acceptors (Lipinski definition) is 4. The first kappa shape index (κ1) is 18.5. The van der Waals surface area contributed by atoms with Crippen molar-refractivity contribution in [3.8, 4) is 11.5 Å². The zero-order chi connectivity index (χ0) is 18.9. The Hall–Kier alpha value is -2.24. The molecule has 1 aromatic rings. The number of hydrogen-bond donors (Lipinski definition) is 0. The molecule has 2 aliphatic heterocycles. The Morgan fingerprint density at radius 2 is 1.54 bits per heavy atom. The first-order valence-corrected chi connectivity index (χ1v) is 9.29. The van der Waals surface area contributed by atoms with E-state index in [-0.39, 0.29) is 17.7 Å². The van der Waals surface area contributed by atoms with Crippen LogP contribution in [0.1, 0.15) is 33.3 Å². The maximum absolute atomic E-state index is 13.1. The van der Waals surface area contributed by atoms with E-state index in [4.69, 9.17) is 9.47 Å². The molecule has 0 unspecified atom stereocenters. The Morgan fingerprint density at radius 1 is 0.962 bits per heavy atom. The lowest BCUT2D eigenvalue weighted by molar-refractivity contribution is -0.144. The van der Waals surface area contributed by atoms with Crippen LogP contribution in [0, 0.1) is 5.92 Å². The summed E-state index contributed by atoms with van der Waals surface area (Å²) >= 11 is 0. The Labute approximate surface area is 155 Å². The van der Waals surface area contributed by atoms with E-state index in [1.54, 1.807) is 0 Å². The van der Waals surface area contributed by atoms with Gasteiger partial charge < -0.3 is 19.3 Å². The molecule has 0 spiro atoms. The minimum absolute atomic E-state index is 0.00796. The van der Waals surface area contributed by atoms with Crippen LogP contribution in [0.15, 0.2) is 18.2 Å². The number of amides is 2. The Balaban J connectivity index is 1.70. The van der Waals surface area contributed by atoms with Crippen LogP contribution in [0.4, 0.5) is 0 Å². The highest BCUT2D eigenvalue weighted by Gasteiger charge is 2.36. The number of carbonyl (C=O) groups is 2. The third-order valence-corrected chi connectivity index (χ3v) is 5.17. The second kappa shape index (κ2) is 7.17.